The first-order valence-corrected chi connectivity index (χ1v) is 5.98. The van der Waals surface area contributed by atoms with Crippen LogP contribution >= 0.6 is 0 Å². The molecule has 0 aromatic heterocycles. The van der Waals surface area contributed by atoms with Gasteiger partial charge in [0.2, 0.25) is 0 Å². The van der Waals surface area contributed by atoms with E-state index in [1.165, 1.54) is 19.1 Å². The van der Waals surface area contributed by atoms with Gasteiger partial charge in [0.15, 0.2) is 23.1 Å². The average molecular weight is 295 g/mol. The van der Waals surface area contributed by atoms with E-state index in [4.69, 9.17) is 4.74 Å². The Morgan fingerprint density at radius 2 is 1.71 bits per heavy atom. The van der Waals surface area contributed by atoms with Crippen LogP contribution in [-0.4, -0.2) is 10.0 Å². The summed E-state index contributed by atoms with van der Waals surface area (Å²) in [4.78, 5) is 9.75. The van der Waals surface area contributed by atoms with E-state index in [0.717, 1.165) is 18.2 Å². The summed E-state index contributed by atoms with van der Waals surface area (Å²) in [5, 5.41) is 19.8. The molecule has 0 spiro atoms. The number of benzene rings is 2. The van der Waals surface area contributed by atoms with Gasteiger partial charge in [0, 0.05) is 6.07 Å². The van der Waals surface area contributed by atoms with E-state index in [1.54, 1.807) is 0 Å². The fourth-order valence-electron chi connectivity index (χ4n) is 1.66. The van der Waals surface area contributed by atoms with Gasteiger partial charge in [0.05, 0.1) is 17.1 Å². The number of rotatable bonds is 4. The third-order valence-corrected chi connectivity index (χ3v) is 2.78. The van der Waals surface area contributed by atoms with Crippen LogP contribution in [0.4, 0.5) is 14.5 Å². The standard InChI is InChI=1S/C14H11F2NO4/c1-8(18)9-2-4-13(11(15)6-9)21-14-5-3-10(17(19)20)7-12(14)16/h2-8,18H,1H3/t8-/m1/s1. The number of aliphatic hydroxyl groups excluding tert-OH is 1. The van der Waals surface area contributed by atoms with Gasteiger partial charge < -0.3 is 9.84 Å². The summed E-state index contributed by atoms with van der Waals surface area (Å²) in [5.74, 6) is -2.31. The van der Waals surface area contributed by atoms with Crippen LogP contribution in [0.2, 0.25) is 0 Å². The van der Waals surface area contributed by atoms with Crippen LogP contribution in [-0.2, 0) is 0 Å². The summed E-state index contributed by atoms with van der Waals surface area (Å²) in [6.45, 7) is 1.48. The summed E-state index contributed by atoms with van der Waals surface area (Å²) in [6, 6.07) is 6.56. The second kappa shape index (κ2) is 5.84. The Morgan fingerprint density at radius 3 is 2.19 bits per heavy atom. The van der Waals surface area contributed by atoms with Crippen LogP contribution in [0.15, 0.2) is 36.4 Å². The quantitative estimate of drug-likeness (QED) is 0.689. The lowest BCUT2D eigenvalue weighted by atomic mass is 10.1. The van der Waals surface area contributed by atoms with Crippen LogP contribution in [0.5, 0.6) is 11.5 Å². The molecule has 0 saturated carbocycles. The minimum Gasteiger partial charge on any atom is -0.451 e. The monoisotopic (exact) mass is 295 g/mol. The molecule has 2 aromatic rings. The highest BCUT2D eigenvalue weighted by atomic mass is 19.1. The molecule has 2 rings (SSSR count). The molecule has 1 atom stereocenters. The van der Waals surface area contributed by atoms with Crippen LogP contribution in [0.25, 0.3) is 0 Å². The summed E-state index contributed by atoms with van der Waals surface area (Å²) in [6.07, 6.45) is -0.843. The number of hydrogen-bond donors (Lipinski definition) is 1. The lowest BCUT2D eigenvalue weighted by Crippen LogP contribution is -1.96. The minimum atomic E-state index is -0.969. The normalized spacial score (nSPS) is 12.0. The number of nitro benzene ring substituents is 1. The van der Waals surface area contributed by atoms with Gasteiger partial charge in [-0.3, -0.25) is 10.1 Å². The van der Waals surface area contributed by atoms with Crippen molar-refractivity contribution in [1.82, 2.24) is 0 Å². The van der Waals surface area contributed by atoms with Crippen molar-refractivity contribution in [3.05, 3.63) is 63.7 Å². The average Bonchev–Trinajstić information content (AvgIpc) is 2.42. The molecule has 0 bridgehead atoms. The van der Waals surface area contributed by atoms with Gasteiger partial charge in [0.25, 0.3) is 5.69 Å². The maximum Gasteiger partial charge on any atom is 0.272 e. The fraction of sp³-hybridized carbons (Fsp3) is 0.143. The molecule has 0 aliphatic heterocycles. The molecule has 0 fully saturated rings. The number of non-ortho nitro benzene ring substituents is 1. The molecule has 0 amide bonds. The molecule has 0 radical (unpaired) electrons. The Balaban J connectivity index is 2.28. The molecule has 110 valence electrons. The Morgan fingerprint density at radius 1 is 1.14 bits per heavy atom. The zero-order valence-electron chi connectivity index (χ0n) is 10.9. The van der Waals surface area contributed by atoms with E-state index < -0.39 is 28.3 Å². The van der Waals surface area contributed by atoms with Gasteiger partial charge in [-0.25, -0.2) is 8.78 Å². The van der Waals surface area contributed by atoms with E-state index in [9.17, 15) is 24.0 Å². The summed E-state index contributed by atoms with van der Waals surface area (Å²) >= 11 is 0. The maximum atomic E-state index is 13.8. The Labute approximate surface area is 118 Å². The van der Waals surface area contributed by atoms with Gasteiger partial charge in [-0.15, -0.1) is 0 Å². The number of nitro groups is 1. The smallest absolute Gasteiger partial charge is 0.272 e. The van der Waals surface area contributed by atoms with Crippen molar-refractivity contribution in [3.8, 4) is 11.5 Å². The Kier molecular flexibility index (Phi) is 4.13. The molecule has 0 heterocycles. The number of hydrogen-bond acceptors (Lipinski definition) is 4. The first kappa shape index (κ1) is 14.9. The van der Waals surface area contributed by atoms with Crippen LogP contribution in [0, 0.1) is 21.7 Å². The molecule has 5 nitrogen and oxygen atoms in total. The van der Waals surface area contributed by atoms with E-state index in [1.807, 2.05) is 0 Å². The zero-order valence-corrected chi connectivity index (χ0v) is 10.9. The van der Waals surface area contributed by atoms with E-state index in [0.29, 0.717) is 11.6 Å². The summed E-state index contributed by atoms with van der Waals surface area (Å²) in [7, 11) is 0. The van der Waals surface area contributed by atoms with E-state index in [-0.39, 0.29) is 11.5 Å². The van der Waals surface area contributed by atoms with Crippen molar-refractivity contribution in [2.75, 3.05) is 0 Å². The molecular weight excluding hydrogens is 284 g/mol. The maximum absolute atomic E-state index is 13.8. The van der Waals surface area contributed by atoms with Crippen molar-refractivity contribution in [1.29, 1.82) is 0 Å². The largest absolute Gasteiger partial charge is 0.451 e. The second-order valence-corrected chi connectivity index (χ2v) is 4.34. The molecule has 0 aliphatic carbocycles. The Hall–Kier alpha value is -2.54. The lowest BCUT2D eigenvalue weighted by Gasteiger charge is -2.10. The molecule has 1 N–H and O–H groups in total. The lowest BCUT2D eigenvalue weighted by molar-refractivity contribution is -0.385. The number of ether oxygens (including phenoxy) is 1. The highest BCUT2D eigenvalue weighted by molar-refractivity contribution is 5.41. The van der Waals surface area contributed by atoms with Crippen LogP contribution in [0.1, 0.15) is 18.6 Å². The molecule has 0 aliphatic rings. The third kappa shape index (κ3) is 3.32. The highest BCUT2D eigenvalue weighted by Gasteiger charge is 2.14. The number of halogens is 2. The molecule has 0 unspecified atom stereocenters. The summed E-state index contributed by atoms with van der Waals surface area (Å²) in [5.41, 5.74) is -0.0752. The number of nitrogens with zero attached hydrogens (tertiary/aromatic N) is 1. The zero-order chi connectivity index (χ0) is 15.6. The molecule has 2 aromatic carbocycles. The predicted molar refractivity (Wildman–Crippen MR) is 70.2 cm³/mol. The first-order chi connectivity index (χ1) is 9.88. The SMILES string of the molecule is C[C@@H](O)c1ccc(Oc2ccc([N+](=O)[O-])cc2F)c(F)c1. The summed E-state index contributed by atoms with van der Waals surface area (Å²) < 4.78 is 32.5. The van der Waals surface area contributed by atoms with E-state index >= 15 is 0 Å². The van der Waals surface area contributed by atoms with Crippen molar-refractivity contribution in [2.45, 2.75) is 13.0 Å². The third-order valence-electron chi connectivity index (χ3n) is 2.78. The first-order valence-electron chi connectivity index (χ1n) is 5.98. The van der Waals surface area contributed by atoms with Gasteiger partial charge in [-0.05, 0) is 30.7 Å². The molecular formula is C14H11F2NO4. The topological polar surface area (TPSA) is 72.6 Å². The van der Waals surface area contributed by atoms with Gasteiger partial charge in [0.1, 0.15) is 0 Å². The molecule has 7 heteroatoms. The van der Waals surface area contributed by atoms with Crippen LogP contribution in [0.3, 0.4) is 0 Å². The van der Waals surface area contributed by atoms with Crippen molar-refractivity contribution < 1.29 is 23.5 Å². The second-order valence-electron chi connectivity index (χ2n) is 4.34. The fourth-order valence-corrected chi connectivity index (χ4v) is 1.66. The molecule has 21 heavy (non-hydrogen) atoms. The Bertz CT molecular complexity index is 689. The number of aliphatic hydroxyl groups is 1. The predicted octanol–water partition coefficient (Wildman–Crippen LogP) is 3.72. The highest BCUT2D eigenvalue weighted by Crippen LogP contribution is 2.30. The van der Waals surface area contributed by atoms with Gasteiger partial charge in [-0.2, -0.15) is 0 Å². The van der Waals surface area contributed by atoms with Gasteiger partial charge >= 0.3 is 0 Å². The molecule has 0 saturated heterocycles. The van der Waals surface area contributed by atoms with Crippen LogP contribution < -0.4 is 4.74 Å². The van der Waals surface area contributed by atoms with Crippen molar-refractivity contribution in [2.24, 2.45) is 0 Å². The van der Waals surface area contributed by atoms with Crippen molar-refractivity contribution in [3.63, 3.8) is 0 Å². The van der Waals surface area contributed by atoms with E-state index in [2.05, 4.69) is 0 Å². The minimum absolute atomic E-state index is 0.243. The van der Waals surface area contributed by atoms with Crippen molar-refractivity contribution >= 4 is 5.69 Å². The van der Waals surface area contributed by atoms with Gasteiger partial charge in [-0.1, -0.05) is 6.07 Å².